The fraction of sp³-hybridized carbons (Fsp3) is 0.304. The summed E-state index contributed by atoms with van der Waals surface area (Å²) in [6.07, 6.45) is 2.45. The lowest BCUT2D eigenvalue weighted by molar-refractivity contribution is -0.130. The molecule has 1 unspecified atom stereocenters. The van der Waals surface area contributed by atoms with E-state index in [0.717, 1.165) is 29.3 Å². The van der Waals surface area contributed by atoms with E-state index in [1.807, 2.05) is 26.0 Å². The molecule has 3 amide bonds. The Balaban J connectivity index is 1.51. The van der Waals surface area contributed by atoms with Gasteiger partial charge >= 0.3 is 6.03 Å². The van der Waals surface area contributed by atoms with Gasteiger partial charge in [-0.3, -0.25) is 19.5 Å². The van der Waals surface area contributed by atoms with Crippen molar-refractivity contribution in [1.82, 2.24) is 19.8 Å². The number of Topliss-reactive ketones (excluding diaryl/α,β-unsaturated/α-hetero) is 1. The number of pyridine rings is 1. The lowest BCUT2D eigenvalue weighted by Gasteiger charge is -2.20. The smallest absolute Gasteiger partial charge is 0.325 e. The minimum absolute atomic E-state index is 0.260. The molecule has 1 aliphatic rings. The molecule has 7 nitrogen and oxygen atoms in total. The number of carbonyl (C=O) groups is 3. The lowest BCUT2D eigenvalue weighted by Crippen LogP contribution is -2.42. The van der Waals surface area contributed by atoms with Crippen molar-refractivity contribution >= 4 is 29.1 Å². The van der Waals surface area contributed by atoms with Crippen LogP contribution in [0.25, 0.3) is 0 Å². The highest BCUT2D eigenvalue weighted by Gasteiger charge is 2.50. The summed E-state index contributed by atoms with van der Waals surface area (Å²) in [5.41, 5.74) is 1.52. The number of hydrogen-bond donors (Lipinski definition) is 1. The van der Waals surface area contributed by atoms with Crippen LogP contribution >= 0.6 is 11.3 Å². The van der Waals surface area contributed by atoms with Crippen molar-refractivity contribution in [2.45, 2.75) is 39.3 Å². The molecular weight excluding hydrogens is 412 g/mol. The number of thiophene rings is 1. The summed E-state index contributed by atoms with van der Waals surface area (Å²) in [6.45, 7) is 5.94. The molecule has 1 N–H and O–H groups in total. The van der Waals surface area contributed by atoms with Gasteiger partial charge in [-0.1, -0.05) is 12.1 Å². The Bertz CT molecular complexity index is 1140. The van der Waals surface area contributed by atoms with Gasteiger partial charge in [-0.2, -0.15) is 0 Å². The van der Waals surface area contributed by atoms with Gasteiger partial charge in [-0.15, -0.1) is 11.3 Å². The Morgan fingerprint density at radius 2 is 2.00 bits per heavy atom. The number of ketones is 1. The fourth-order valence-corrected chi connectivity index (χ4v) is 4.70. The van der Waals surface area contributed by atoms with Gasteiger partial charge in [0, 0.05) is 34.6 Å². The minimum atomic E-state index is -1.28. The van der Waals surface area contributed by atoms with E-state index in [1.165, 1.54) is 4.88 Å². The summed E-state index contributed by atoms with van der Waals surface area (Å²) < 4.78 is 2.11. The highest BCUT2D eigenvalue weighted by molar-refractivity contribution is 7.09. The Hall–Kier alpha value is -3.26. The van der Waals surface area contributed by atoms with E-state index in [2.05, 4.69) is 26.3 Å². The first-order valence-electron chi connectivity index (χ1n) is 10.1. The first-order chi connectivity index (χ1) is 14.8. The fourth-order valence-electron chi connectivity index (χ4n) is 4.01. The van der Waals surface area contributed by atoms with Crippen molar-refractivity contribution < 1.29 is 14.4 Å². The van der Waals surface area contributed by atoms with E-state index in [1.54, 1.807) is 42.7 Å². The minimum Gasteiger partial charge on any atom is -0.348 e. The maximum absolute atomic E-state index is 13.1. The third kappa shape index (κ3) is 3.79. The number of nitrogens with zero attached hydrogens (tertiary/aromatic N) is 3. The first kappa shape index (κ1) is 21.0. The third-order valence-corrected chi connectivity index (χ3v) is 6.73. The van der Waals surface area contributed by atoms with Crippen LogP contribution in [0.1, 0.15) is 39.2 Å². The van der Waals surface area contributed by atoms with Crippen LogP contribution in [0.15, 0.2) is 48.0 Å². The van der Waals surface area contributed by atoms with Gasteiger partial charge < -0.3 is 9.88 Å². The second kappa shape index (κ2) is 8.11. The normalized spacial score (nSPS) is 18.5. The van der Waals surface area contributed by atoms with Crippen molar-refractivity contribution in [1.29, 1.82) is 0 Å². The summed E-state index contributed by atoms with van der Waals surface area (Å²) in [5.74, 6) is -0.736. The summed E-state index contributed by atoms with van der Waals surface area (Å²) in [6, 6.07) is 10.6. The van der Waals surface area contributed by atoms with Crippen molar-refractivity contribution in [2.75, 3.05) is 6.54 Å². The molecule has 0 saturated carbocycles. The SMILES string of the molecule is Cc1cc(C(=O)CN2C(=O)NC(C)(c3ccccn3)C2=O)c(C)n1CCc1cccs1. The van der Waals surface area contributed by atoms with Gasteiger partial charge in [0.05, 0.1) is 12.2 Å². The van der Waals surface area contributed by atoms with Gasteiger partial charge in [-0.05, 0) is 56.8 Å². The van der Waals surface area contributed by atoms with Gasteiger partial charge in [-0.25, -0.2) is 4.79 Å². The zero-order chi connectivity index (χ0) is 22.2. The van der Waals surface area contributed by atoms with E-state index in [-0.39, 0.29) is 12.3 Å². The summed E-state index contributed by atoms with van der Waals surface area (Å²) in [5, 5.41) is 4.74. The van der Waals surface area contributed by atoms with Crippen molar-refractivity contribution in [3.8, 4) is 0 Å². The highest BCUT2D eigenvalue weighted by Crippen LogP contribution is 2.28. The van der Waals surface area contributed by atoms with Crippen molar-refractivity contribution in [3.63, 3.8) is 0 Å². The van der Waals surface area contributed by atoms with Gasteiger partial charge in [0.1, 0.15) is 0 Å². The standard InChI is InChI=1S/C23H24N4O3S/c1-15-13-18(16(2)26(15)11-9-17-7-6-12-31-17)19(28)14-27-21(29)23(3,25-22(27)30)20-8-4-5-10-24-20/h4-8,10,12-13H,9,11,14H2,1-3H3,(H,25,30). The maximum Gasteiger partial charge on any atom is 0.325 e. The third-order valence-electron chi connectivity index (χ3n) is 5.79. The van der Waals surface area contributed by atoms with Crippen molar-refractivity contribution in [2.24, 2.45) is 0 Å². The number of carbonyl (C=O) groups excluding carboxylic acids is 3. The number of urea groups is 1. The molecule has 1 aliphatic heterocycles. The van der Waals surface area contributed by atoms with Crippen LogP contribution in [-0.4, -0.2) is 38.7 Å². The van der Waals surface area contributed by atoms with Gasteiger partial charge in [0.25, 0.3) is 5.91 Å². The molecule has 3 aromatic rings. The Kier molecular flexibility index (Phi) is 5.49. The Morgan fingerprint density at radius 1 is 1.19 bits per heavy atom. The molecule has 160 valence electrons. The van der Waals surface area contributed by atoms with E-state index in [0.29, 0.717) is 11.3 Å². The number of hydrogen-bond acceptors (Lipinski definition) is 5. The van der Waals surface area contributed by atoms with Crippen LogP contribution in [0, 0.1) is 13.8 Å². The Morgan fingerprint density at radius 3 is 2.68 bits per heavy atom. The average molecular weight is 437 g/mol. The van der Waals surface area contributed by atoms with Crippen LogP contribution < -0.4 is 5.32 Å². The average Bonchev–Trinajstić information content (AvgIpc) is 3.43. The molecule has 3 aromatic heterocycles. The molecule has 0 spiro atoms. The largest absolute Gasteiger partial charge is 0.348 e. The summed E-state index contributed by atoms with van der Waals surface area (Å²) in [7, 11) is 0. The number of aromatic nitrogens is 2. The van der Waals surface area contributed by atoms with Crippen LogP contribution in [0.5, 0.6) is 0 Å². The van der Waals surface area contributed by atoms with Crippen LogP contribution in [0.3, 0.4) is 0 Å². The number of nitrogens with one attached hydrogen (secondary N) is 1. The molecule has 0 aromatic carbocycles. The predicted octanol–water partition coefficient (Wildman–Crippen LogP) is 3.45. The number of aryl methyl sites for hydroxylation is 2. The van der Waals surface area contributed by atoms with E-state index >= 15 is 0 Å². The molecule has 0 radical (unpaired) electrons. The first-order valence-corrected chi connectivity index (χ1v) is 11.0. The monoisotopic (exact) mass is 436 g/mol. The molecule has 1 fully saturated rings. The molecule has 8 heteroatoms. The van der Waals surface area contributed by atoms with E-state index in [9.17, 15) is 14.4 Å². The number of imide groups is 1. The van der Waals surface area contributed by atoms with Crippen LogP contribution in [0.2, 0.25) is 0 Å². The zero-order valence-corrected chi connectivity index (χ0v) is 18.5. The second-order valence-electron chi connectivity index (χ2n) is 7.85. The number of rotatable bonds is 7. The van der Waals surface area contributed by atoms with Gasteiger partial charge in [0.15, 0.2) is 11.3 Å². The van der Waals surface area contributed by atoms with E-state index in [4.69, 9.17) is 0 Å². The molecular formula is C23H24N4O3S. The molecule has 1 atom stereocenters. The molecule has 1 saturated heterocycles. The summed E-state index contributed by atoms with van der Waals surface area (Å²) >= 11 is 1.71. The lowest BCUT2D eigenvalue weighted by atomic mass is 9.97. The second-order valence-corrected chi connectivity index (χ2v) is 8.88. The van der Waals surface area contributed by atoms with E-state index < -0.39 is 17.5 Å². The van der Waals surface area contributed by atoms with Crippen molar-refractivity contribution in [3.05, 3.63) is 75.5 Å². The maximum atomic E-state index is 13.1. The molecule has 4 heterocycles. The summed E-state index contributed by atoms with van der Waals surface area (Å²) in [4.78, 5) is 45.1. The number of amides is 3. The van der Waals surface area contributed by atoms with Crippen LogP contribution in [-0.2, 0) is 23.3 Å². The topological polar surface area (TPSA) is 84.3 Å². The zero-order valence-electron chi connectivity index (χ0n) is 17.7. The molecule has 0 bridgehead atoms. The van der Waals surface area contributed by atoms with Crippen LogP contribution in [0.4, 0.5) is 4.79 Å². The van der Waals surface area contributed by atoms with Gasteiger partial charge in [0.2, 0.25) is 0 Å². The highest BCUT2D eigenvalue weighted by atomic mass is 32.1. The quantitative estimate of drug-likeness (QED) is 0.454. The predicted molar refractivity (Wildman–Crippen MR) is 118 cm³/mol. The molecule has 4 rings (SSSR count). The molecule has 0 aliphatic carbocycles. The molecule has 31 heavy (non-hydrogen) atoms. The Labute approximate surface area is 184 Å².